The van der Waals surface area contributed by atoms with Crippen molar-refractivity contribution in [1.82, 2.24) is 0 Å². The van der Waals surface area contributed by atoms with Crippen molar-refractivity contribution in [2.24, 2.45) is 0 Å². The quantitative estimate of drug-likeness (QED) is 0.620. The molecule has 0 aliphatic carbocycles. The Bertz CT molecular complexity index is 1010. The lowest BCUT2D eigenvalue weighted by Gasteiger charge is -2.33. The van der Waals surface area contributed by atoms with Crippen molar-refractivity contribution in [2.75, 3.05) is 43.5 Å². The Kier molecular flexibility index (Phi) is 6.70. The van der Waals surface area contributed by atoms with E-state index in [-0.39, 0.29) is 11.9 Å². The summed E-state index contributed by atoms with van der Waals surface area (Å²) in [5.74, 6) is 1.65. The second-order valence-electron chi connectivity index (χ2n) is 7.58. The van der Waals surface area contributed by atoms with Gasteiger partial charge in [-0.1, -0.05) is 48.0 Å². The summed E-state index contributed by atoms with van der Waals surface area (Å²) >= 11 is 6.24. The number of hydrogen-bond acceptors (Lipinski definition) is 3. The topological polar surface area (TPSA) is 60.1 Å². The van der Waals surface area contributed by atoms with Crippen molar-refractivity contribution < 1.29 is 19.4 Å². The number of halogens is 1. The zero-order valence-electron chi connectivity index (χ0n) is 17.5. The minimum Gasteiger partial charge on any atom is -0.495 e. The summed E-state index contributed by atoms with van der Waals surface area (Å²) in [7, 11) is 1.57. The standard InChI is InChI=1S/C24H25ClN4O2/c1-31-21-11-10-19(17-20(21)25)27-24(30)23(18-7-3-2-4-8-18)29-15-13-28(14-16-29)22-9-5-6-12-26-22/h2-12,17,23H,13-16H2,1H3,(H,27,30)/p+2/t23-/m1/s1. The van der Waals surface area contributed by atoms with Crippen LogP contribution >= 0.6 is 11.6 Å². The van der Waals surface area contributed by atoms with E-state index in [4.69, 9.17) is 16.3 Å². The van der Waals surface area contributed by atoms with Gasteiger partial charge in [0.15, 0.2) is 6.04 Å². The molecule has 0 bridgehead atoms. The van der Waals surface area contributed by atoms with E-state index in [1.54, 1.807) is 19.2 Å². The summed E-state index contributed by atoms with van der Waals surface area (Å²) in [5, 5.41) is 3.52. The Balaban J connectivity index is 1.51. The van der Waals surface area contributed by atoms with Gasteiger partial charge < -0.3 is 15.0 Å². The Hall–Kier alpha value is -3.09. The van der Waals surface area contributed by atoms with Crippen LogP contribution in [0.4, 0.5) is 11.5 Å². The molecule has 0 unspecified atom stereocenters. The number of amides is 1. The summed E-state index contributed by atoms with van der Waals surface area (Å²) in [6.45, 7) is 3.47. The minimum absolute atomic E-state index is 0.0397. The maximum Gasteiger partial charge on any atom is 0.287 e. The highest BCUT2D eigenvalue weighted by atomic mass is 35.5. The van der Waals surface area contributed by atoms with Crippen molar-refractivity contribution >= 4 is 29.0 Å². The highest BCUT2D eigenvalue weighted by Gasteiger charge is 2.36. The molecule has 2 aromatic carbocycles. The number of carbonyl (C=O) groups excluding carboxylic acids is 1. The molecule has 2 heterocycles. The molecule has 1 aliphatic heterocycles. The predicted molar refractivity (Wildman–Crippen MR) is 122 cm³/mol. The van der Waals surface area contributed by atoms with Crippen LogP contribution in [0.25, 0.3) is 0 Å². The van der Waals surface area contributed by atoms with Gasteiger partial charge in [0.1, 0.15) is 31.9 Å². The Labute approximate surface area is 187 Å². The molecule has 160 valence electrons. The van der Waals surface area contributed by atoms with Crippen LogP contribution in [-0.2, 0) is 4.79 Å². The van der Waals surface area contributed by atoms with Crippen LogP contribution in [-0.4, -0.2) is 39.2 Å². The van der Waals surface area contributed by atoms with E-state index < -0.39 is 0 Å². The lowest BCUT2D eigenvalue weighted by atomic mass is 10.0. The smallest absolute Gasteiger partial charge is 0.287 e. The first-order chi connectivity index (χ1) is 15.2. The Morgan fingerprint density at radius 1 is 1.10 bits per heavy atom. The molecule has 1 saturated heterocycles. The second-order valence-corrected chi connectivity index (χ2v) is 7.98. The summed E-state index contributed by atoms with van der Waals surface area (Å²) in [4.78, 5) is 20.3. The molecule has 1 amide bonds. The third-order valence-corrected chi connectivity index (χ3v) is 5.96. The van der Waals surface area contributed by atoms with E-state index >= 15 is 0 Å². The van der Waals surface area contributed by atoms with Gasteiger partial charge in [0.25, 0.3) is 11.7 Å². The van der Waals surface area contributed by atoms with Crippen LogP contribution in [0.3, 0.4) is 0 Å². The summed E-state index contributed by atoms with van der Waals surface area (Å²) in [5.41, 5.74) is 1.67. The fourth-order valence-electron chi connectivity index (χ4n) is 4.08. The number of methoxy groups -OCH3 is 1. The van der Waals surface area contributed by atoms with Crippen LogP contribution in [0.5, 0.6) is 5.75 Å². The number of anilines is 2. The van der Waals surface area contributed by atoms with Crippen LogP contribution in [0, 0.1) is 0 Å². The maximum atomic E-state index is 13.4. The summed E-state index contributed by atoms with van der Waals surface area (Å²) in [6.07, 6.45) is 1.94. The number of H-pyrrole nitrogens is 1. The lowest BCUT2D eigenvalue weighted by molar-refractivity contribution is -0.922. The molecule has 0 spiro atoms. The average Bonchev–Trinajstić information content (AvgIpc) is 2.81. The number of nitrogens with zero attached hydrogens (tertiary/aromatic N) is 1. The second kappa shape index (κ2) is 9.81. The highest BCUT2D eigenvalue weighted by Crippen LogP contribution is 2.27. The van der Waals surface area contributed by atoms with Gasteiger partial charge in [-0.25, -0.2) is 4.98 Å². The predicted octanol–water partition coefficient (Wildman–Crippen LogP) is 2.25. The third kappa shape index (κ3) is 4.98. The average molecular weight is 439 g/mol. The first-order valence-corrected chi connectivity index (χ1v) is 10.8. The summed E-state index contributed by atoms with van der Waals surface area (Å²) in [6, 6.07) is 21.1. The van der Waals surface area contributed by atoms with E-state index in [1.165, 1.54) is 4.90 Å². The zero-order chi connectivity index (χ0) is 21.6. The number of hydrogen-bond donors (Lipinski definition) is 2. The Morgan fingerprint density at radius 3 is 2.48 bits per heavy atom. The molecule has 3 N–H and O–H groups in total. The largest absolute Gasteiger partial charge is 0.495 e. The molecule has 0 saturated carbocycles. The number of pyridine rings is 1. The number of aromatic nitrogens is 1. The number of quaternary nitrogens is 1. The van der Waals surface area contributed by atoms with Crippen molar-refractivity contribution in [3.63, 3.8) is 0 Å². The number of carbonyl (C=O) groups is 1. The molecule has 6 nitrogen and oxygen atoms in total. The van der Waals surface area contributed by atoms with Gasteiger partial charge in [-0.15, -0.1) is 0 Å². The van der Waals surface area contributed by atoms with Gasteiger partial charge in [0, 0.05) is 17.3 Å². The number of ether oxygens (including phenoxy) is 1. The van der Waals surface area contributed by atoms with Crippen LogP contribution in [0.1, 0.15) is 11.6 Å². The van der Waals surface area contributed by atoms with Crippen molar-refractivity contribution in [1.29, 1.82) is 0 Å². The van der Waals surface area contributed by atoms with Gasteiger partial charge in [0.05, 0.1) is 18.3 Å². The van der Waals surface area contributed by atoms with Gasteiger partial charge in [0.2, 0.25) is 0 Å². The molecular weight excluding hydrogens is 412 g/mol. The number of nitrogens with one attached hydrogen (secondary N) is 3. The zero-order valence-corrected chi connectivity index (χ0v) is 18.2. The molecule has 0 radical (unpaired) electrons. The number of piperazine rings is 1. The fourth-order valence-corrected chi connectivity index (χ4v) is 4.34. The van der Waals surface area contributed by atoms with Gasteiger partial charge in [-0.3, -0.25) is 9.69 Å². The Morgan fingerprint density at radius 2 is 1.84 bits per heavy atom. The number of rotatable bonds is 6. The van der Waals surface area contributed by atoms with E-state index in [0.717, 1.165) is 37.6 Å². The van der Waals surface area contributed by atoms with Crippen LogP contribution in [0.15, 0.2) is 72.9 Å². The van der Waals surface area contributed by atoms with E-state index in [0.29, 0.717) is 16.5 Å². The molecule has 1 aliphatic rings. The molecule has 4 rings (SSSR count). The molecule has 1 fully saturated rings. The van der Waals surface area contributed by atoms with Gasteiger partial charge in [-0.05, 0) is 24.3 Å². The number of benzene rings is 2. The molecule has 31 heavy (non-hydrogen) atoms. The van der Waals surface area contributed by atoms with Crippen molar-refractivity contribution in [3.8, 4) is 5.75 Å². The third-order valence-electron chi connectivity index (χ3n) is 5.66. The van der Waals surface area contributed by atoms with Crippen molar-refractivity contribution in [2.45, 2.75) is 6.04 Å². The van der Waals surface area contributed by atoms with Gasteiger partial charge in [-0.2, -0.15) is 0 Å². The first kappa shape index (κ1) is 21.2. The molecule has 7 heteroatoms. The normalized spacial score (nSPS) is 15.4. The minimum atomic E-state index is -0.302. The lowest BCUT2D eigenvalue weighted by Crippen LogP contribution is -3.16. The fraction of sp³-hybridized carbons (Fsp3) is 0.250. The SMILES string of the molecule is COc1ccc(NC(=O)[C@@H](c2ccccc2)[NH+]2CCN(c3cccc[nH+]3)CC2)cc1Cl. The van der Waals surface area contributed by atoms with E-state index in [1.807, 2.05) is 54.7 Å². The molecular formula is C24H27ClN4O2+2. The van der Waals surface area contributed by atoms with E-state index in [2.05, 4.69) is 21.3 Å². The highest BCUT2D eigenvalue weighted by molar-refractivity contribution is 6.32. The van der Waals surface area contributed by atoms with Gasteiger partial charge >= 0.3 is 0 Å². The monoisotopic (exact) mass is 438 g/mol. The van der Waals surface area contributed by atoms with Crippen molar-refractivity contribution in [3.05, 3.63) is 83.5 Å². The number of aromatic amines is 1. The summed E-state index contributed by atoms with van der Waals surface area (Å²) < 4.78 is 5.21. The first-order valence-electron chi connectivity index (χ1n) is 10.4. The molecule has 3 aromatic rings. The molecule has 1 aromatic heterocycles. The molecule has 1 atom stereocenters. The maximum absolute atomic E-state index is 13.4. The van der Waals surface area contributed by atoms with Crippen LogP contribution < -0.4 is 24.8 Å². The van der Waals surface area contributed by atoms with Crippen LogP contribution in [0.2, 0.25) is 5.02 Å². The van der Waals surface area contributed by atoms with E-state index in [9.17, 15) is 4.79 Å².